The number of piperazine rings is 1. The second-order valence-electron chi connectivity index (χ2n) is 6.14. The molecule has 114 valence electrons. The molecule has 1 heterocycles. The Morgan fingerprint density at radius 1 is 1.29 bits per heavy atom. The van der Waals surface area contributed by atoms with Crippen molar-refractivity contribution >= 4 is 17.5 Å². The molecule has 0 N–H and O–H groups in total. The van der Waals surface area contributed by atoms with Crippen molar-refractivity contribution in [2.75, 3.05) is 18.0 Å². The quantitative estimate of drug-likeness (QED) is 0.858. The highest BCUT2D eigenvalue weighted by atomic mass is 16.2. The van der Waals surface area contributed by atoms with E-state index in [0.29, 0.717) is 25.4 Å². The minimum Gasteiger partial charge on any atom is -0.329 e. The summed E-state index contributed by atoms with van der Waals surface area (Å²) < 4.78 is 0. The van der Waals surface area contributed by atoms with E-state index in [4.69, 9.17) is 0 Å². The van der Waals surface area contributed by atoms with Crippen molar-refractivity contribution < 1.29 is 9.59 Å². The largest absolute Gasteiger partial charge is 0.329 e. The number of nitrogens with zero attached hydrogens (tertiary/aromatic N) is 2. The van der Waals surface area contributed by atoms with Gasteiger partial charge >= 0.3 is 0 Å². The fourth-order valence-corrected chi connectivity index (χ4v) is 2.78. The lowest BCUT2D eigenvalue weighted by Crippen LogP contribution is -2.58. The minimum absolute atomic E-state index is 0.00709. The van der Waals surface area contributed by atoms with Crippen molar-refractivity contribution in [2.45, 2.75) is 40.2 Å². The molecule has 4 nitrogen and oxygen atoms in total. The summed E-state index contributed by atoms with van der Waals surface area (Å²) in [5.74, 6) is 0.400. The first-order valence-corrected chi connectivity index (χ1v) is 7.58. The molecule has 4 heteroatoms. The third kappa shape index (κ3) is 3.26. The summed E-state index contributed by atoms with van der Waals surface area (Å²) in [6.07, 6.45) is 0.502. The van der Waals surface area contributed by atoms with Crippen LogP contribution in [0.4, 0.5) is 5.69 Å². The molecule has 21 heavy (non-hydrogen) atoms. The van der Waals surface area contributed by atoms with E-state index in [-0.39, 0.29) is 17.9 Å². The third-order valence-corrected chi connectivity index (χ3v) is 3.96. The van der Waals surface area contributed by atoms with Gasteiger partial charge in [-0.15, -0.1) is 0 Å². The minimum atomic E-state index is -0.385. The van der Waals surface area contributed by atoms with Crippen LogP contribution in [-0.2, 0) is 9.59 Å². The van der Waals surface area contributed by atoms with Gasteiger partial charge in [-0.25, -0.2) is 0 Å². The van der Waals surface area contributed by atoms with E-state index < -0.39 is 0 Å². The zero-order valence-corrected chi connectivity index (χ0v) is 13.3. The third-order valence-electron chi connectivity index (χ3n) is 3.96. The van der Waals surface area contributed by atoms with Gasteiger partial charge in [0.2, 0.25) is 11.8 Å². The topological polar surface area (TPSA) is 40.6 Å². The highest BCUT2D eigenvalue weighted by molar-refractivity contribution is 6.00. The van der Waals surface area contributed by atoms with Crippen molar-refractivity contribution in [1.29, 1.82) is 0 Å². The van der Waals surface area contributed by atoms with Gasteiger partial charge in [0.05, 0.1) is 0 Å². The fraction of sp³-hybridized carbons (Fsp3) is 0.529. The number of benzene rings is 1. The zero-order valence-electron chi connectivity index (χ0n) is 13.3. The number of hydrogen-bond donors (Lipinski definition) is 0. The Hall–Kier alpha value is -1.84. The van der Waals surface area contributed by atoms with Crippen LogP contribution in [0.15, 0.2) is 24.3 Å². The van der Waals surface area contributed by atoms with E-state index in [1.165, 1.54) is 0 Å². The normalized spacial score (nSPS) is 19.3. The van der Waals surface area contributed by atoms with Crippen LogP contribution in [0.3, 0.4) is 0 Å². The molecule has 0 aromatic heterocycles. The molecule has 0 bridgehead atoms. The van der Waals surface area contributed by atoms with E-state index in [1.807, 2.05) is 52.0 Å². The predicted octanol–water partition coefficient (Wildman–Crippen LogP) is 2.60. The van der Waals surface area contributed by atoms with Gasteiger partial charge in [-0.3, -0.25) is 9.59 Å². The number of hydrogen-bond acceptors (Lipinski definition) is 2. The Bertz CT molecular complexity index is 539. The maximum absolute atomic E-state index is 12.6. The molecule has 2 amide bonds. The Labute approximate surface area is 126 Å². The Morgan fingerprint density at radius 3 is 2.57 bits per heavy atom. The SMILES string of the molecule is Cc1ccccc1N1CCN(C(=O)CC(C)C)C(C)C1=O. The number of carbonyl (C=O) groups is 2. The van der Waals surface area contributed by atoms with Gasteiger partial charge in [-0.1, -0.05) is 32.0 Å². The van der Waals surface area contributed by atoms with Crippen LogP contribution in [0.2, 0.25) is 0 Å². The first kappa shape index (κ1) is 15.5. The Kier molecular flexibility index (Phi) is 4.66. The predicted molar refractivity (Wildman–Crippen MR) is 84.2 cm³/mol. The maximum atomic E-state index is 12.6. The second-order valence-corrected chi connectivity index (χ2v) is 6.14. The van der Waals surface area contributed by atoms with Crippen LogP contribution in [0.25, 0.3) is 0 Å². The van der Waals surface area contributed by atoms with Crippen LogP contribution >= 0.6 is 0 Å². The van der Waals surface area contributed by atoms with Crippen molar-refractivity contribution in [1.82, 2.24) is 4.90 Å². The van der Waals surface area contributed by atoms with Crippen LogP contribution in [0.5, 0.6) is 0 Å². The van der Waals surface area contributed by atoms with Crippen LogP contribution in [0.1, 0.15) is 32.8 Å². The van der Waals surface area contributed by atoms with E-state index in [0.717, 1.165) is 11.3 Å². The summed E-state index contributed by atoms with van der Waals surface area (Å²) in [6, 6.07) is 7.49. The van der Waals surface area contributed by atoms with Gasteiger partial charge in [0.1, 0.15) is 6.04 Å². The molecule has 1 aliphatic rings. The molecule has 1 fully saturated rings. The lowest BCUT2D eigenvalue weighted by atomic mass is 10.1. The average Bonchev–Trinajstić information content (AvgIpc) is 2.42. The zero-order chi connectivity index (χ0) is 15.6. The molecule has 1 unspecified atom stereocenters. The van der Waals surface area contributed by atoms with Gasteiger partial charge in [0, 0.05) is 25.2 Å². The van der Waals surface area contributed by atoms with Crippen LogP contribution < -0.4 is 4.90 Å². The summed E-state index contributed by atoms with van der Waals surface area (Å²) >= 11 is 0. The van der Waals surface area contributed by atoms with Gasteiger partial charge < -0.3 is 9.80 Å². The van der Waals surface area contributed by atoms with E-state index >= 15 is 0 Å². The molecule has 1 aromatic rings. The van der Waals surface area contributed by atoms with Gasteiger partial charge in [-0.05, 0) is 31.4 Å². The highest BCUT2D eigenvalue weighted by Gasteiger charge is 2.35. The molecule has 0 saturated carbocycles. The van der Waals surface area contributed by atoms with Gasteiger partial charge in [-0.2, -0.15) is 0 Å². The fourth-order valence-electron chi connectivity index (χ4n) is 2.78. The van der Waals surface area contributed by atoms with Crippen molar-refractivity contribution in [3.05, 3.63) is 29.8 Å². The number of anilines is 1. The van der Waals surface area contributed by atoms with Crippen molar-refractivity contribution in [3.63, 3.8) is 0 Å². The smallest absolute Gasteiger partial charge is 0.249 e. The molecular weight excluding hydrogens is 264 g/mol. The number of amides is 2. The number of carbonyl (C=O) groups excluding carboxylic acids is 2. The lowest BCUT2D eigenvalue weighted by molar-refractivity contribution is -0.141. The first-order valence-electron chi connectivity index (χ1n) is 7.58. The summed E-state index contributed by atoms with van der Waals surface area (Å²) in [5, 5.41) is 0. The monoisotopic (exact) mass is 288 g/mol. The maximum Gasteiger partial charge on any atom is 0.249 e. The van der Waals surface area contributed by atoms with Crippen LogP contribution in [-0.4, -0.2) is 35.8 Å². The summed E-state index contributed by atoms with van der Waals surface area (Å²) in [6.45, 7) is 9.04. The molecule has 2 rings (SSSR count). The highest BCUT2D eigenvalue weighted by Crippen LogP contribution is 2.24. The van der Waals surface area contributed by atoms with Gasteiger partial charge in [0.25, 0.3) is 0 Å². The molecule has 1 aromatic carbocycles. The van der Waals surface area contributed by atoms with Crippen molar-refractivity contribution in [3.8, 4) is 0 Å². The average molecular weight is 288 g/mol. The summed E-state index contributed by atoms with van der Waals surface area (Å²) in [5.41, 5.74) is 2.03. The summed E-state index contributed by atoms with van der Waals surface area (Å²) in [4.78, 5) is 28.4. The molecule has 0 radical (unpaired) electrons. The number of rotatable bonds is 3. The Balaban J connectivity index is 2.15. The van der Waals surface area contributed by atoms with Gasteiger partial charge in [0.15, 0.2) is 0 Å². The molecular formula is C17H24N2O2. The summed E-state index contributed by atoms with van der Waals surface area (Å²) in [7, 11) is 0. The van der Waals surface area contributed by atoms with Crippen molar-refractivity contribution in [2.24, 2.45) is 5.92 Å². The number of aryl methyl sites for hydroxylation is 1. The lowest BCUT2D eigenvalue weighted by Gasteiger charge is -2.39. The molecule has 1 atom stereocenters. The number of para-hydroxylation sites is 1. The van der Waals surface area contributed by atoms with E-state index in [2.05, 4.69) is 0 Å². The molecule has 1 aliphatic heterocycles. The first-order chi connectivity index (χ1) is 9.91. The van der Waals surface area contributed by atoms with Crippen LogP contribution in [0, 0.1) is 12.8 Å². The molecule has 0 spiro atoms. The standard InChI is InChI=1S/C17H24N2O2/c1-12(2)11-16(20)18-9-10-19(17(21)14(18)4)15-8-6-5-7-13(15)3/h5-8,12,14H,9-11H2,1-4H3. The van der Waals surface area contributed by atoms with E-state index in [9.17, 15) is 9.59 Å². The molecule has 0 aliphatic carbocycles. The second kappa shape index (κ2) is 6.29. The van der Waals surface area contributed by atoms with E-state index in [1.54, 1.807) is 9.80 Å². The molecule has 1 saturated heterocycles. The Morgan fingerprint density at radius 2 is 1.95 bits per heavy atom.